The van der Waals surface area contributed by atoms with Gasteiger partial charge in [-0.15, -0.1) is 0 Å². The molecule has 1 N–H and O–H groups in total. The van der Waals surface area contributed by atoms with Crippen molar-refractivity contribution in [3.63, 3.8) is 0 Å². The number of hydrogen-bond donors (Lipinski definition) is 1. The molecule has 0 saturated heterocycles. The van der Waals surface area contributed by atoms with E-state index >= 15 is 0 Å². The van der Waals surface area contributed by atoms with Gasteiger partial charge < -0.3 is 5.32 Å². The van der Waals surface area contributed by atoms with Gasteiger partial charge in [0.05, 0.1) is 5.71 Å². The number of nitrogens with one attached hydrogen (secondary N) is 1. The fraction of sp³-hybridized carbons (Fsp3) is 0.357. The highest BCUT2D eigenvalue weighted by Gasteiger charge is 2.17. The molecule has 18 heavy (non-hydrogen) atoms. The molecule has 0 aromatic carbocycles. The van der Waals surface area contributed by atoms with Crippen molar-refractivity contribution in [2.75, 3.05) is 6.54 Å². The minimum Gasteiger partial charge on any atom is -0.352 e. The van der Waals surface area contributed by atoms with Crippen LogP contribution in [0.3, 0.4) is 0 Å². The summed E-state index contributed by atoms with van der Waals surface area (Å²) >= 11 is 0. The Morgan fingerprint density at radius 3 is 3.17 bits per heavy atom. The highest BCUT2D eigenvalue weighted by molar-refractivity contribution is 6.11. The number of unbranched alkanes of at least 4 members (excludes halogenated alkanes) is 1. The first-order valence-corrected chi connectivity index (χ1v) is 6.27. The van der Waals surface area contributed by atoms with E-state index in [-0.39, 0.29) is 5.91 Å². The van der Waals surface area contributed by atoms with E-state index in [1.54, 1.807) is 6.21 Å². The van der Waals surface area contributed by atoms with E-state index in [9.17, 15) is 4.79 Å². The van der Waals surface area contributed by atoms with Crippen LogP contribution in [0.4, 0.5) is 0 Å². The molecule has 0 radical (unpaired) electrons. The summed E-state index contributed by atoms with van der Waals surface area (Å²) in [5.74, 6) is -0.00124. The minimum absolute atomic E-state index is 0.00124. The Hall–Kier alpha value is -1.97. The standard InChI is InChI=1S/C14H17N3O/c1-2-3-8-15-14(18)12-7-6-11-5-4-9-16-17-13(11)10-12/h4-7,9H,2-3,8,10H2,1H3,(H,15,18). The maximum absolute atomic E-state index is 11.9. The molecule has 2 aliphatic rings. The van der Waals surface area contributed by atoms with Gasteiger partial charge in [-0.3, -0.25) is 4.79 Å². The van der Waals surface area contributed by atoms with Gasteiger partial charge in [0.15, 0.2) is 0 Å². The summed E-state index contributed by atoms with van der Waals surface area (Å²) in [5, 5.41) is 10.9. The topological polar surface area (TPSA) is 53.8 Å². The highest BCUT2D eigenvalue weighted by atomic mass is 16.1. The lowest BCUT2D eigenvalue weighted by Crippen LogP contribution is -2.28. The van der Waals surface area contributed by atoms with Crippen molar-refractivity contribution in [2.24, 2.45) is 10.2 Å². The van der Waals surface area contributed by atoms with Crippen LogP contribution < -0.4 is 5.32 Å². The van der Waals surface area contributed by atoms with Crippen LogP contribution in [0, 0.1) is 0 Å². The molecule has 0 aromatic rings. The molecule has 4 heteroatoms. The Morgan fingerprint density at radius 2 is 2.33 bits per heavy atom. The summed E-state index contributed by atoms with van der Waals surface area (Å²) in [5.41, 5.74) is 2.62. The predicted molar refractivity (Wildman–Crippen MR) is 73.8 cm³/mol. The van der Waals surface area contributed by atoms with Crippen LogP contribution in [-0.4, -0.2) is 24.4 Å². The van der Waals surface area contributed by atoms with Crippen molar-refractivity contribution in [1.29, 1.82) is 0 Å². The molecule has 0 saturated carbocycles. The van der Waals surface area contributed by atoms with Gasteiger partial charge in [0.2, 0.25) is 5.91 Å². The first kappa shape index (κ1) is 12.5. The van der Waals surface area contributed by atoms with E-state index in [1.165, 1.54) is 0 Å². The lowest BCUT2D eigenvalue weighted by Gasteiger charge is -2.13. The Balaban J connectivity index is 2.04. The van der Waals surface area contributed by atoms with Crippen molar-refractivity contribution in [2.45, 2.75) is 26.2 Å². The first-order chi connectivity index (χ1) is 8.81. The molecule has 1 heterocycles. The fourth-order valence-electron chi connectivity index (χ4n) is 1.81. The molecule has 4 nitrogen and oxygen atoms in total. The molecule has 0 bridgehead atoms. The molecular formula is C14H17N3O. The van der Waals surface area contributed by atoms with Crippen LogP contribution in [0.1, 0.15) is 26.2 Å². The molecule has 1 aliphatic carbocycles. The van der Waals surface area contributed by atoms with E-state index in [4.69, 9.17) is 0 Å². The van der Waals surface area contributed by atoms with Gasteiger partial charge >= 0.3 is 0 Å². The Bertz CT molecular complexity index is 481. The summed E-state index contributed by atoms with van der Waals surface area (Å²) in [7, 11) is 0. The summed E-state index contributed by atoms with van der Waals surface area (Å²) in [6, 6.07) is 0. The number of allylic oxidation sites excluding steroid dienone is 5. The SMILES string of the molecule is CCCCNC(=O)C1=CC=C2C=CC=NN=C2C1. The smallest absolute Gasteiger partial charge is 0.247 e. The zero-order valence-electron chi connectivity index (χ0n) is 10.5. The maximum atomic E-state index is 11.9. The number of amides is 1. The normalized spacial score (nSPS) is 17.3. The van der Waals surface area contributed by atoms with Gasteiger partial charge in [-0.2, -0.15) is 10.2 Å². The second-order valence-corrected chi connectivity index (χ2v) is 4.27. The van der Waals surface area contributed by atoms with Crippen molar-refractivity contribution < 1.29 is 4.79 Å². The largest absolute Gasteiger partial charge is 0.352 e. The monoisotopic (exact) mass is 243 g/mol. The second kappa shape index (κ2) is 6.10. The zero-order valence-corrected chi connectivity index (χ0v) is 10.5. The van der Waals surface area contributed by atoms with E-state index in [1.807, 2.05) is 24.3 Å². The lowest BCUT2D eigenvalue weighted by atomic mass is 9.95. The molecule has 94 valence electrons. The van der Waals surface area contributed by atoms with Gasteiger partial charge in [0.25, 0.3) is 0 Å². The van der Waals surface area contributed by atoms with Gasteiger partial charge in [-0.1, -0.05) is 31.6 Å². The van der Waals surface area contributed by atoms with E-state index in [2.05, 4.69) is 22.4 Å². The zero-order chi connectivity index (χ0) is 12.8. The van der Waals surface area contributed by atoms with Crippen molar-refractivity contribution in [3.05, 3.63) is 35.5 Å². The molecule has 0 fully saturated rings. The quantitative estimate of drug-likeness (QED) is 0.756. The fourth-order valence-corrected chi connectivity index (χ4v) is 1.81. The van der Waals surface area contributed by atoms with E-state index in [0.717, 1.165) is 36.2 Å². The van der Waals surface area contributed by atoms with Crippen molar-refractivity contribution in [3.8, 4) is 0 Å². The lowest BCUT2D eigenvalue weighted by molar-refractivity contribution is -0.117. The molecule has 0 atom stereocenters. The van der Waals surface area contributed by atoms with Gasteiger partial charge in [-0.05, 0) is 18.1 Å². The second-order valence-electron chi connectivity index (χ2n) is 4.27. The third-order valence-corrected chi connectivity index (χ3v) is 2.87. The third-order valence-electron chi connectivity index (χ3n) is 2.87. The number of carbonyl (C=O) groups is 1. The van der Waals surface area contributed by atoms with Crippen LogP contribution in [-0.2, 0) is 4.79 Å². The Kier molecular flexibility index (Phi) is 4.23. The van der Waals surface area contributed by atoms with Crippen LogP contribution in [0.2, 0.25) is 0 Å². The van der Waals surface area contributed by atoms with Crippen molar-refractivity contribution in [1.82, 2.24) is 5.32 Å². The van der Waals surface area contributed by atoms with Gasteiger partial charge in [0.1, 0.15) is 0 Å². The maximum Gasteiger partial charge on any atom is 0.247 e. The Labute approximate surface area is 107 Å². The third kappa shape index (κ3) is 3.03. The van der Waals surface area contributed by atoms with Gasteiger partial charge in [0, 0.05) is 24.8 Å². The van der Waals surface area contributed by atoms with E-state index < -0.39 is 0 Å². The first-order valence-electron chi connectivity index (χ1n) is 6.27. The minimum atomic E-state index is -0.00124. The molecule has 0 unspecified atom stereocenters. The average Bonchev–Trinajstić information content (AvgIpc) is 2.63. The number of nitrogens with zero attached hydrogens (tertiary/aromatic N) is 2. The van der Waals surface area contributed by atoms with Crippen LogP contribution >= 0.6 is 0 Å². The number of carbonyl (C=O) groups excluding carboxylic acids is 1. The number of hydrogen-bond acceptors (Lipinski definition) is 3. The highest BCUT2D eigenvalue weighted by Crippen LogP contribution is 2.18. The average molecular weight is 243 g/mol. The van der Waals surface area contributed by atoms with Crippen LogP contribution in [0.5, 0.6) is 0 Å². The molecule has 0 spiro atoms. The summed E-state index contributed by atoms with van der Waals surface area (Å²) in [4.78, 5) is 11.9. The molecule has 0 aromatic heterocycles. The Morgan fingerprint density at radius 1 is 1.44 bits per heavy atom. The number of rotatable bonds is 4. The molecular weight excluding hydrogens is 226 g/mol. The van der Waals surface area contributed by atoms with Crippen LogP contribution in [0.25, 0.3) is 0 Å². The summed E-state index contributed by atoms with van der Waals surface area (Å²) < 4.78 is 0. The van der Waals surface area contributed by atoms with Crippen molar-refractivity contribution >= 4 is 17.8 Å². The van der Waals surface area contributed by atoms with Gasteiger partial charge in [-0.25, -0.2) is 0 Å². The number of fused-ring (bicyclic) bond motifs is 1. The molecule has 2 rings (SSSR count). The summed E-state index contributed by atoms with van der Waals surface area (Å²) in [6.07, 6.45) is 11.9. The summed E-state index contributed by atoms with van der Waals surface area (Å²) in [6.45, 7) is 2.83. The van der Waals surface area contributed by atoms with Crippen LogP contribution in [0.15, 0.2) is 45.7 Å². The molecule has 1 aliphatic heterocycles. The van der Waals surface area contributed by atoms with E-state index in [0.29, 0.717) is 6.42 Å². The predicted octanol–water partition coefficient (Wildman–Crippen LogP) is 2.16. The molecule has 1 amide bonds.